The van der Waals surface area contributed by atoms with Gasteiger partial charge < -0.3 is 16.0 Å². The van der Waals surface area contributed by atoms with Crippen molar-refractivity contribution in [2.24, 2.45) is 0 Å². The Kier molecular flexibility index (Phi) is 3.42. The fourth-order valence-corrected chi connectivity index (χ4v) is 1.97. The van der Waals surface area contributed by atoms with Gasteiger partial charge in [0.05, 0.1) is 12.1 Å². The second-order valence-corrected chi connectivity index (χ2v) is 4.44. The van der Waals surface area contributed by atoms with Crippen LogP contribution in [0, 0.1) is 5.82 Å². The first-order chi connectivity index (χ1) is 8.56. The number of H-pyrrole nitrogens is 1. The summed E-state index contributed by atoms with van der Waals surface area (Å²) in [5.41, 5.74) is 6.25. The van der Waals surface area contributed by atoms with Crippen molar-refractivity contribution < 1.29 is 9.18 Å². The van der Waals surface area contributed by atoms with Crippen molar-refractivity contribution in [1.82, 2.24) is 10.3 Å². The zero-order chi connectivity index (χ0) is 13.1. The van der Waals surface area contributed by atoms with E-state index in [1.165, 1.54) is 12.1 Å². The molecule has 0 aliphatic rings. The summed E-state index contributed by atoms with van der Waals surface area (Å²) < 4.78 is 13.4. The molecule has 18 heavy (non-hydrogen) atoms. The summed E-state index contributed by atoms with van der Waals surface area (Å²) in [4.78, 5) is 24.9. The number of hydrogen-bond donors (Lipinski definition) is 3. The number of carbonyl (C=O) groups excluding carboxylic acids is 1. The summed E-state index contributed by atoms with van der Waals surface area (Å²) in [6, 6.07) is 3.78. The van der Waals surface area contributed by atoms with Gasteiger partial charge in [-0.1, -0.05) is 11.3 Å². The van der Waals surface area contributed by atoms with E-state index in [-0.39, 0.29) is 17.0 Å². The first kappa shape index (κ1) is 12.3. The number of nitrogen functional groups attached to an aromatic ring is 1. The minimum Gasteiger partial charge on any atom is -0.399 e. The van der Waals surface area contributed by atoms with Crippen LogP contribution in [0.3, 0.4) is 0 Å². The van der Waals surface area contributed by atoms with Gasteiger partial charge in [0, 0.05) is 16.8 Å². The number of halogens is 1. The number of carbonyl (C=O) groups is 1. The second-order valence-electron chi connectivity index (χ2n) is 3.60. The monoisotopic (exact) mass is 267 g/mol. The van der Waals surface area contributed by atoms with Crippen LogP contribution in [0.4, 0.5) is 10.1 Å². The number of nitrogens with two attached hydrogens (primary N) is 1. The van der Waals surface area contributed by atoms with E-state index in [1.54, 1.807) is 5.38 Å². The van der Waals surface area contributed by atoms with Gasteiger partial charge in [0.2, 0.25) is 0 Å². The van der Waals surface area contributed by atoms with Gasteiger partial charge in [-0.2, -0.15) is 0 Å². The smallest absolute Gasteiger partial charge is 0.304 e. The number of nitrogens with one attached hydrogen (secondary N) is 2. The topological polar surface area (TPSA) is 88.0 Å². The number of rotatable bonds is 3. The first-order valence-corrected chi connectivity index (χ1v) is 5.94. The zero-order valence-corrected chi connectivity index (χ0v) is 10.0. The molecule has 2 aromatic rings. The molecule has 0 spiro atoms. The Hall–Kier alpha value is -2.15. The SMILES string of the molecule is Nc1ccc(F)c(C(=O)NCc2csc(=O)[nH]2)c1. The Morgan fingerprint density at radius 3 is 2.94 bits per heavy atom. The largest absolute Gasteiger partial charge is 0.399 e. The van der Waals surface area contributed by atoms with Crippen molar-refractivity contribution in [2.75, 3.05) is 5.73 Å². The predicted octanol–water partition coefficient (Wildman–Crippen LogP) is 1.09. The van der Waals surface area contributed by atoms with Gasteiger partial charge in [0.15, 0.2) is 0 Å². The fourth-order valence-electron chi connectivity index (χ4n) is 1.39. The third kappa shape index (κ3) is 2.75. The van der Waals surface area contributed by atoms with Gasteiger partial charge in [-0.05, 0) is 18.2 Å². The highest BCUT2D eigenvalue weighted by atomic mass is 32.1. The molecule has 7 heteroatoms. The standard InChI is InChI=1S/C11H10FN3O2S/c12-9-2-1-6(13)3-8(9)10(16)14-4-7-5-18-11(17)15-7/h1-3,5H,4,13H2,(H,14,16)(H,15,17). The van der Waals surface area contributed by atoms with Gasteiger partial charge in [-0.15, -0.1) is 0 Å². The van der Waals surface area contributed by atoms with Crippen LogP contribution in [0.15, 0.2) is 28.4 Å². The van der Waals surface area contributed by atoms with E-state index in [0.717, 1.165) is 17.4 Å². The minimum atomic E-state index is -0.638. The maximum atomic E-state index is 13.4. The van der Waals surface area contributed by atoms with Crippen molar-refractivity contribution in [2.45, 2.75) is 6.54 Å². The summed E-state index contributed by atoms with van der Waals surface area (Å²) in [6.07, 6.45) is 0. The molecule has 0 saturated heterocycles. The highest BCUT2D eigenvalue weighted by Gasteiger charge is 2.11. The van der Waals surface area contributed by atoms with Crippen molar-refractivity contribution in [1.29, 1.82) is 0 Å². The van der Waals surface area contributed by atoms with Crippen molar-refractivity contribution in [3.8, 4) is 0 Å². The van der Waals surface area contributed by atoms with Crippen LogP contribution in [-0.2, 0) is 6.54 Å². The molecule has 1 amide bonds. The van der Waals surface area contributed by atoms with Crippen LogP contribution >= 0.6 is 11.3 Å². The van der Waals surface area contributed by atoms with Crippen LogP contribution in [-0.4, -0.2) is 10.9 Å². The maximum Gasteiger partial charge on any atom is 0.304 e. The highest BCUT2D eigenvalue weighted by molar-refractivity contribution is 7.07. The van der Waals surface area contributed by atoms with E-state index in [4.69, 9.17) is 5.73 Å². The number of thiazole rings is 1. The van der Waals surface area contributed by atoms with Crippen molar-refractivity contribution in [3.05, 3.63) is 50.3 Å². The first-order valence-electron chi connectivity index (χ1n) is 5.06. The molecule has 2 rings (SSSR count). The summed E-state index contributed by atoms with van der Waals surface area (Å²) in [6.45, 7) is 0.131. The Labute approximate surface area is 105 Å². The van der Waals surface area contributed by atoms with Crippen LogP contribution < -0.4 is 15.9 Å². The van der Waals surface area contributed by atoms with Gasteiger partial charge in [-0.25, -0.2) is 4.39 Å². The summed E-state index contributed by atoms with van der Waals surface area (Å²) in [5, 5.41) is 4.09. The number of benzene rings is 1. The zero-order valence-electron chi connectivity index (χ0n) is 9.20. The van der Waals surface area contributed by atoms with E-state index in [1.807, 2.05) is 0 Å². The lowest BCUT2D eigenvalue weighted by Gasteiger charge is -2.05. The lowest BCUT2D eigenvalue weighted by Crippen LogP contribution is -2.24. The number of aromatic nitrogens is 1. The van der Waals surface area contributed by atoms with E-state index in [9.17, 15) is 14.0 Å². The maximum absolute atomic E-state index is 13.4. The van der Waals surface area contributed by atoms with Gasteiger partial charge in [0.25, 0.3) is 5.91 Å². The van der Waals surface area contributed by atoms with E-state index >= 15 is 0 Å². The molecule has 5 nitrogen and oxygen atoms in total. The molecule has 0 radical (unpaired) electrons. The van der Waals surface area contributed by atoms with Gasteiger partial charge in [-0.3, -0.25) is 9.59 Å². The van der Waals surface area contributed by atoms with Gasteiger partial charge >= 0.3 is 4.87 Å². The number of hydrogen-bond acceptors (Lipinski definition) is 4. The lowest BCUT2D eigenvalue weighted by atomic mass is 10.2. The van der Waals surface area contributed by atoms with Crippen LogP contribution in [0.1, 0.15) is 16.1 Å². The highest BCUT2D eigenvalue weighted by Crippen LogP contribution is 2.12. The van der Waals surface area contributed by atoms with Crippen LogP contribution in [0.2, 0.25) is 0 Å². The molecular formula is C11H10FN3O2S. The Morgan fingerprint density at radius 1 is 1.50 bits per heavy atom. The molecule has 0 bridgehead atoms. The molecule has 0 unspecified atom stereocenters. The van der Waals surface area contributed by atoms with E-state index in [0.29, 0.717) is 11.4 Å². The molecule has 0 aliphatic heterocycles. The average molecular weight is 267 g/mol. The Morgan fingerprint density at radius 2 is 2.28 bits per heavy atom. The molecule has 4 N–H and O–H groups in total. The minimum absolute atomic E-state index is 0.118. The Balaban J connectivity index is 2.08. The molecule has 1 aromatic carbocycles. The summed E-state index contributed by atoms with van der Waals surface area (Å²) in [5.74, 6) is -1.22. The van der Waals surface area contributed by atoms with Crippen molar-refractivity contribution >= 4 is 22.9 Å². The number of anilines is 1. The molecule has 1 aromatic heterocycles. The summed E-state index contributed by atoms with van der Waals surface area (Å²) in [7, 11) is 0. The molecule has 94 valence electrons. The van der Waals surface area contributed by atoms with E-state index < -0.39 is 11.7 Å². The summed E-state index contributed by atoms with van der Waals surface area (Å²) >= 11 is 1.00. The van der Waals surface area contributed by atoms with Gasteiger partial charge in [0.1, 0.15) is 5.82 Å². The average Bonchev–Trinajstić information content (AvgIpc) is 2.75. The predicted molar refractivity (Wildman–Crippen MR) is 66.9 cm³/mol. The molecule has 0 saturated carbocycles. The molecule has 1 heterocycles. The number of aromatic amines is 1. The molecular weight excluding hydrogens is 257 g/mol. The van der Waals surface area contributed by atoms with Crippen LogP contribution in [0.25, 0.3) is 0 Å². The fraction of sp³-hybridized carbons (Fsp3) is 0.0909. The lowest BCUT2D eigenvalue weighted by molar-refractivity contribution is 0.0946. The number of amides is 1. The molecule has 0 atom stereocenters. The third-order valence-corrected chi connectivity index (χ3v) is 2.96. The molecule has 0 aliphatic carbocycles. The normalized spacial score (nSPS) is 10.3. The third-order valence-electron chi connectivity index (χ3n) is 2.25. The second kappa shape index (κ2) is 5.01. The van der Waals surface area contributed by atoms with Crippen LogP contribution in [0.5, 0.6) is 0 Å². The van der Waals surface area contributed by atoms with E-state index in [2.05, 4.69) is 10.3 Å². The Bertz CT molecular complexity index is 635. The quantitative estimate of drug-likeness (QED) is 0.727. The molecule has 0 fully saturated rings. The van der Waals surface area contributed by atoms with Crippen molar-refractivity contribution in [3.63, 3.8) is 0 Å².